The van der Waals surface area contributed by atoms with Crippen LogP contribution < -0.4 is 10.6 Å². The lowest BCUT2D eigenvalue weighted by molar-refractivity contribution is -0.130. The second-order valence-corrected chi connectivity index (χ2v) is 9.54. The third kappa shape index (κ3) is 8.84. The Bertz CT molecular complexity index is 1010. The molecule has 0 aromatic heterocycles. The molecule has 1 aromatic rings. The van der Waals surface area contributed by atoms with E-state index in [9.17, 15) is 38.1 Å². The largest absolute Gasteiger partial charge is 0.475 e. The van der Waals surface area contributed by atoms with Crippen molar-refractivity contribution in [1.82, 2.24) is 15.5 Å². The number of nitrogens with one attached hydrogen (secondary N) is 2. The minimum atomic E-state index is -3.40. The van der Waals surface area contributed by atoms with Crippen molar-refractivity contribution in [1.29, 1.82) is 5.26 Å². The predicted molar refractivity (Wildman–Crippen MR) is 132 cm³/mol. The van der Waals surface area contributed by atoms with Crippen LogP contribution in [0.2, 0.25) is 0 Å². The SMILES string of the molecule is N#CC(=CC1CC1)C(=O)N1CCCC1COCC(NC(F)C(F)F)C(=O)NC(Cc1ccccc1)B(O)O. The van der Waals surface area contributed by atoms with E-state index in [-0.39, 0.29) is 24.5 Å². The molecular weight excluding hydrogens is 504 g/mol. The van der Waals surface area contributed by atoms with Gasteiger partial charge in [0.1, 0.15) is 17.7 Å². The van der Waals surface area contributed by atoms with Gasteiger partial charge in [0.05, 0.1) is 25.2 Å². The van der Waals surface area contributed by atoms with Crippen molar-refractivity contribution in [3.63, 3.8) is 0 Å². The van der Waals surface area contributed by atoms with Crippen molar-refractivity contribution in [3.05, 3.63) is 47.5 Å². The number of rotatable bonds is 14. The molecule has 1 aliphatic heterocycles. The molecule has 0 bridgehead atoms. The average Bonchev–Trinajstić information content (AvgIpc) is 3.60. The van der Waals surface area contributed by atoms with Crippen LogP contribution in [0.1, 0.15) is 31.2 Å². The number of allylic oxidation sites excluding steroid dienone is 1. The first kappa shape index (κ1) is 29.6. The van der Waals surface area contributed by atoms with E-state index >= 15 is 0 Å². The Morgan fingerprint density at radius 1 is 1.21 bits per heavy atom. The van der Waals surface area contributed by atoms with Gasteiger partial charge in [-0.3, -0.25) is 14.9 Å². The fourth-order valence-corrected chi connectivity index (χ4v) is 4.25. The Morgan fingerprint density at radius 2 is 1.92 bits per heavy atom. The Labute approximate surface area is 219 Å². The zero-order chi connectivity index (χ0) is 27.7. The molecule has 13 heteroatoms. The molecule has 1 aliphatic carbocycles. The summed E-state index contributed by atoms with van der Waals surface area (Å²) < 4.78 is 45.2. The van der Waals surface area contributed by atoms with Crippen LogP contribution in [0.4, 0.5) is 13.2 Å². The predicted octanol–water partition coefficient (Wildman–Crippen LogP) is 1.11. The van der Waals surface area contributed by atoms with Gasteiger partial charge in [0.15, 0.2) is 0 Å². The van der Waals surface area contributed by atoms with Crippen LogP contribution in [-0.4, -0.2) is 84.4 Å². The Kier molecular flexibility index (Phi) is 11.2. The van der Waals surface area contributed by atoms with E-state index < -0.39 is 56.3 Å². The van der Waals surface area contributed by atoms with Gasteiger partial charge in [-0.1, -0.05) is 36.4 Å². The zero-order valence-corrected chi connectivity index (χ0v) is 20.8. The topological polar surface area (TPSA) is 135 Å². The van der Waals surface area contributed by atoms with E-state index in [0.29, 0.717) is 24.9 Å². The number of alkyl halides is 3. The maximum Gasteiger partial charge on any atom is 0.475 e. The fourth-order valence-electron chi connectivity index (χ4n) is 4.25. The summed E-state index contributed by atoms with van der Waals surface area (Å²) in [6, 6.07) is 8.61. The van der Waals surface area contributed by atoms with Crippen LogP contribution in [0.3, 0.4) is 0 Å². The minimum Gasteiger partial charge on any atom is -0.426 e. The second kappa shape index (κ2) is 14.3. The van der Waals surface area contributed by atoms with Crippen molar-refractivity contribution < 1.29 is 37.5 Å². The zero-order valence-electron chi connectivity index (χ0n) is 20.8. The van der Waals surface area contributed by atoms with Gasteiger partial charge in [-0.05, 0) is 43.6 Å². The average molecular weight is 536 g/mol. The highest BCUT2D eigenvalue weighted by Crippen LogP contribution is 2.32. The van der Waals surface area contributed by atoms with Crippen LogP contribution >= 0.6 is 0 Å². The molecule has 4 atom stereocenters. The third-order valence-corrected chi connectivity index (χ3v) is 6.49. The highest BCUT2D eigenvalue weighted by molar-refractivity contribution is 6.43. The number of benzene rings is 1. The first-order valence-electron chi connectivity index (χ1n) is 12.6. The summed E-state index contributed by atoms with van der Waals surface area (Å²) in [5.41, 5.74) is 0.753. The van der Waals surface area contributed by atoms with Crippen molar-refractivity contribution >= 4 is 18.9 Å². The number of ether oxygens (including phenoxy) is 1. The number of nitriles is 1. The van der Waals surface area contributed by atoms with E-state index in [2.05, 4.69) is 5.32 Å². The Hall–Kier alpha value is -2.92. The van der Waals surface area contributed by atoms with Crippen molar-refractivity contribution in [3.8, 4) is 6.07 Å². The van der Waals surface area contributed by atoms with Gasteiger partial charge in [0.25, 0.3) is 12.3 Å². The lowest BCUT2D eigenvalue weighted by Gasteiger charge is -2.27. The molecule has 0 radical (unpaired) electrons. The molecule has 2 amide bonds. The van der Waals surface area contributed by atoms with Gasteiger partial charge >= 0.3 is 7.12 Å². The van der Waals surface area contributed by atoms with Crippen molar-refractivity contribution in [2.75, 3.05) is 19.8 Å². The van der Waals surface area contributed by atoms with E-state index in [1.165, 1.54) is 4.90 Å². The van der Waals surface area contributed by atoms with Crippen LogP contribution in [0.15, 0.2) is 42.0 Å². The minimum absolute atomic E-state index is 0.0282. The summed E-state index contributed by atoms with van der Waals surface area (Å²) in [5.74, 6) is -2.31. The lowest BCUT2D eigenvalue weighted by Crippen LogP contribution is -2.57. The molecule has 1 heterocycles. The molecule has 3 rings (SSSR count). The number of amides is 2. The molecule has 206 valence electrons. The summed E-state index contributed by atoms with van der Waals surface area (Å²) >= 11 is 0. The smallest absolute Gasteiger partial charge is 0.426 e. The third-order valence-electron chi connectivity index (χ3n) is 6.49. The van der Waals surface area contributed by atoms with Crippen LogP contribution in [0.25, 0.3) is 0 Å². The monoisotopic (exact) mass is 536 g/mol. The molecule has 1 saturated carbocycles. The standard InChI is InChI=1S/C25H32BF3N4O5/c27-22(28)23(29)31-20(24(34)32-21(26(36)37)12-16-5-2-1-3-6-16)15-38-14-19-7-4-10-33(19)25(35)18(13-30)11-17-8-9-17/h1-3,5-6,11,17,19-23,31,36-37H,4,7-10,12,14-15H2,(H,32,34). The number of nitrogens with zero attached hydrogens (tertiary/aromatic N) is 2. The summed E-state index contributed by atoms with van der Waals surface area (Å²) in [4.78, 5) is 27.2. The van der Waals surface area contributed by atoms with Crippen LogP contribution in [0.5, 0.6) is 0 Å². The summed E-state index contributed by atoms with van der Waals surface area (Å²) in [6.45, 7) is -0.145. The Morgan fingerprint density at radius 3 is 2.53 bits per heavy atom. The highest BCUT2D eigenvalue weighted by atomic mass is 19.3. The molecule has 2 aliphatic rings. The van der Waals surface area contributed by atoms with Gasteiger partial charge in [0, 0.05) is 6.54 Å². The molecule has 1 saturated heterocycles. The van der Waals surface area contributed by atoms with Gasteiger partial charge in [-0.2, -0.15) is 5.26 Å². The maximum atomic E-state index is 13.8. The first-order valence-corrected chi connectivity index (χ1v) is 12.6. The number of likely N-dealkylation sites (tertiary alicyclic amines) is 1. The van der Waals surface area contributed by atoms with E-state index in [1.54, 1.807) is 36.4 Å². The van der Waals surface area contributed by atoms with E-state index in [1.807, 2.05) is 11.4 Å². The molecule has 9 nitrogen and oxygen atoms in total. The molecule has 1 aromatic carbocycles. The Balaban J connectivity index is 1.61. The van der Waals surface area contributed by atoms with E-state index in [0.717, 1.165) is 12.8 Å². The number of hydrogen-bond acceptors (Lipinski definition) is 7. The number of hydrogen-bond donors (Lipinski definition) is 4. The summed E-state index contributed by atoms with van der Waals surface area (Å²) in [7, 11) is -1.96. The summed E-state index contributed by atoms with van der Waals surface area (Å²) in [6.07, 6.45) is -1.38. The van der Waals surface area contributed by atoms with Crippen LogP contribution in [0, 0.1) is 17.2 Å². The van der Waals surface area contributed by atoms with Gasteiger partial charge in [-0.15, -0.1) is 0 Å². The molecule has 4 N–H and O–H groups in total. The maximum absolute atomic E-state index is 13.8. The van der Waals surface area contributed by atoms with Gasteiger partial charge in [-0.25, -0.2) is 13.2 Å². The van der Waals surface area contributed by atoms with E-state index in [4.69, 9.17) is 4.74 Å². The number of carbonyl (C=O) groups excluding carboxylic acids is 2. The normalized spacial score (nSPS) is 20.1. The fraction of sp³-hybridized carbons (Fsp3) is 0.560. The molecule has 4 unspecified atom stereocenters. The first-order chi connectivity index (χ1) is 18.2. The molecule has 38 heavy (non-hydrogen) atoms. The van der Waals surface area contributed by atoms with Gasteiger partial charge in [0.2, 0.25) is 12.2 Å². The van der Waals surface area contributed by atoms with Crippen LogP contribution in [-0.2, 0) is 20.7 Å². The van der Waals surface area contributed by atoms with Crippen molar-refractivity contribution in [2.24, 2.45) is 5.92 Å². The molecular formula is C25H32BF3N4O5. The quantitative estimate of drug-likeness (QED) is 0.121. The number of halogens is 3. The highest BCUT2D eigenvalue weighted by Gasteiger charge is 2.34. The number of carbonyl (C=O) groups is 2. The summed E-state index contributed by atoms with van der Waals surface area (Å²) in [5, 5.41) is 33.1. The van der Waals surface area contributed by atoms with Crippen molar-refractivity contribution in [2.45, 2.75) is 62.9 Å². The molecule has 0 spiro atoms. The lowest BCUT2D eigenvalue weighted by atomic mass is 9.76. The second-order valence-electron chi connectivity index (χ2n) is 9.54. The van der Waals surface area contributed by atoms with Gasteiger partial charge < -0.3 is 25.0 Å². The molecule has 2 fully saturated rings.